The molecule has 0 heterocycles. The first kappa shape index (κ1) is 14.4. The smallest absolute Gasteiger partial charge is 0.389 e. The predicted molar refractivity (Wildman–Crippen MR) is 52.6 cm³/mol. The molecule has 2 atom stereocenters. The van der Waals surface area contributed by atoms with E-state index in [2.05, 4.69) is 0 Å². The fourth-order valence-electron chi connectivity index (χ4n) is 1.44. The Morgan fingerprint density at radius 2 is 1.89 bits per heavy atom. The molecule has 0 aliphatic rings. The first-order chi connectivity index (χ1) is 8.27. The molecular weight excluding hydrogens is 254 g/mol. The molecule has 0 fully saturated rings. The van der Waals surface area contributed by atoms with Crippen LogP contribution in [0.5, 0.6) is 0 Å². The van der Waals surface area contributed by atoms with Gasteiger partial charge in [-0.05, 0) is 17.7 Å². The molecule has 3 nitrogen and oxygen atoms in total. The van der Waals surface area contributed by atoms with Gasteiger partial charge in [0.1, 0.15) is 11.9 Å². The minimum Gasteiger partial charge on any atom is -0.389 e. The zero-order chi connectivity index (χ0) is 13.9. The van der Waals surface area contributed by atoms with E-state index in [0.717, 1.165) is 12.1 Å². The molecule has 98 valence electrons. The summed E-state index contributed by atoms with van der Waals surface area (Å²) in [7, 11) is 0. The number of rotatable bonds is 3. The van der Waals surface area contributed by atoms with Gasteiger partial charge < -0.3 is 10.2 Å². The highest BCUT2D eigenvalue weighted by Gasteiger charge is 2.36. The van der Waals surface area contributed by atoms with Crippen LogP contribution in [0.25, 0.3) is 0 Å². The van der Waals surface area contributed by atoms with Gasteiger partial charge in [-0.25, -0.2) is 4.39 Å². The molecule has 7 heteroatoms. The van der Waals surface area contributed by atoms with E-state index in [1.807, 2.05) is 0 Å². The van der Waals surface area contributed by atoms with Crippen molar-refractivity contribution in [1.29, 1.82) is 5.26 Å². The molecule has 1 rings (SSSR count). The van der Waals surface area contributed by atoms with Crippen LogP contribution in [0.4, 0.5) is 17.6 Å². The highest BCUT2D eigenvalue weighted by atomic mass is 19.4. The lowest BCUT2D eigenvalue weighted by Crippen LogP contribution is -2.21. The lowest BCUT2D eigenvalue weighted by atomic mass is 9.97. The monoisotopic (exact) mass is 263 g/mol. The van der Waals surface area contributed by atoms with E-state index in [1.54, 1.807) is 0 Å². The van der Waals surface area contributed by atoms with E-state index in [0.29, 0.717) is 0 Å². The van der Waals surface area contributed by atoms with Gasteiger partial charge in [0.2, 0.25) is 0 Å². The summed E-state index contributed by atoms with van der Waals surface area (Å²) < 4.78 is 50.6. The van der Waals surface area contributed by atoms with E-state index in [4.69, 9.17) is 5.26 Å². The summed E-state index contributed by atoms with van der Waals surface area (Å²) in [6.07, 6.45) is -8.95. The van der Waals surface area contributed by atoms with Gasteiger partial charge in [-0.15, -0.1) is 0 Å². The molecule has 0 aromatic heterocycles. The van der Waals surface area contributed by atoms with Crippen molar-refractivity contribution in [2.24, 2.45) is 0 Å². The number of hydrogen-bond donors (Lipinski definition) is 2. The third-order valence-corrected chi connectivity index (χ3v) is 2.30. The van der Waals surface area contributed by atoms with Gasteiger partial charge in [-0.1, -0.05) is 6.07 Å². The van der Waals surface area contributed by atoms with Crippen molar-refractivity contribution < 1.29 is 27.8 Å². The van der Waals surface area contributed by atoms with Gasteiger partial charge in [-0.2, -0.15) is 18.4 Å². The molecule has 2 N–H and O–H groups in total. The van der Waals surface area contributed by atoms with E-state index in [9.17, 15) is 27.8 Å². The second-order valence-corrected chi connectivity index (χ2v) is 3.60. The minimum absolute atomic E-state index is 0.234. The Kier molecular flexibility index (Phi) is 4.27. The standard InChI is InChI=1S/C11H9F4NO2/c12-6-1-2-7(8(5-6)11(13,14)15)10(18)9(17)3-4-16/h1-2,5,9-10,17-18H,3H2. The minimum atomic E-state index is -4.86. The molecule has 1 aromatic carbocycles. The molecule has 0 spiro atoms. The van der Waals surface area contributed by atoms with Crippen LogP contribution in [0.2, 0.25) is 0 Å². The maximum absolute atomic E-state index is 12.8. The van der Waals surface area contributed by atoms with Crippen LogP contribution in [0.15, 0.2) is 18.2 Å². The predicted octanol–water partition coefficient (Wildman–Crippen LogP) is 2.15. The maximum Gasteiger partial charge on any atom is 0.416 e. The van der Waals surface area contributed by atoms with E-state index < -0.39 is 41.7 Å². The quantitative estimate of drug-likeness (QED) is 0.821. The van der Waals surface area contributed by atoms with Crippen molar-refractivity contribution in [3.05, 3.63) is 35.1 Å². The number of halogens is 4. The normalized spacial score (nSPS) is 14.9. The molecule has 0 saturated carbocycles. The van der Waals surface area contributed by atoms with Crippen molar-refractivity contribution >= 4 is 0 Å². The van der Waals surface area contributed by atoms with Crippen LogP contribution >= 0.6 is 0 Å². The van der Waals surface area contributed by atoms with Crippen LogP contribution in [-0.4, -0.2) is 16.3 Å². The van der Waals surface area contributed by atoms with Gasteiger partial charge in [0.05, 0.1) is 24.2 Å². The van der Waals surface area contributed by atoms with Gasteiger partial charge in [0, 0.05) is 0 Å². The van der Waals surface area contributed by atoms with Crippen molar-refractivity contribution in [2.45, 2.75) is 24.8 Å². The fourth-order valence-corrected chi connectivity index (χ4v) is 1.44. The Balaban J connectivity index is 3.20. The summed E-state index contributed by atoms with van der Waals surface area (Å²) in [5.74, 6) is -1.10. The molecule has 0 saturated heterocycles. The second kappa shape index (κ2) is 5.33. The largest absolute Gasteiger partial charge is 0.416 e. The van der Waals surface area contributed by atoms with Crippen LogP contribution in [0.3, 0.4) is 0 Å². The second-order valence-electron chi connectivity index (χ2n) is 3.60. The van der Waals surface area contributed by atoms with E-state index in [-0.39, 0.29) is 6.07 Å². The number of nitriles is 1. The summed E-state index contributed by atoms with van der Waals surface area (Å²) in [6, 6.07) is 3.24. The Hall–Kier alpha value is -1.65. The van der Waals surface area contributed by atoms with Crippen molar-refractivity contribution in [3.8, 4) is 6.07 Å². The van der Waals surface area contributed by atoms with Crippen LogP contribution < -0.4 is 0 Å². The summed E-state index contributed by atoms with van der Waals surface area (Å²) in [5, 5.41) is 27.1. The Morgan fingerprint density at radius 3 is 2.39 bits per heavy atom. The molecule has 0 aliphatic carbocycles. The molecule has 1 aromatic rings. The van der Waals surface area contributed by atoms with Crippen molar-refractivity contribution in [3.63, 3.8) is 0 Å². The van der Waals surface area contributed by atoms with Crippen LogP contribution in [0.1, 0.15) is 23.7 Å². The van der Waals surface area contributed by atoms with Gasteiger partial charge >= 0.3 is 6.18 Å². The van der Waals surface area contributed by atoms with Crippen LogP contribution in [0, 0.1) is 17.1 Å². The molecule has 18 heavy (non-hydrogen) atoms. The molecule has 0 aliphatic heterocycles. The van der Waals surface area contributed by atoms with Crippen molar-refractivity contribution in [1.82, 2.24) is 0 Å². The number of nitrogens with zero attached hydrogens (tertiary/aromatic N) is 1. The van der Waals surface area contributed by atoms with Gasteiger partial charge in [-0.3, -0.25) is 0 Å². The number of benzene rings is 1. The third kappa shape index (κ3) is 3.18. The lowest BCUT2D eigenvalue weighted by molar-refractivity contribution is -0.140. The fraction of sp³-hybridized carbons (Fsp3) is 0.364. The van der Waals surface area contributed by atoms with E-state index >= 15 is 0 Å². The summed E-state index contributed by atoms with van der Waals surface area (Å²) in [6.45, 7) is 0. The molecule has 0 bridgehead atoms. The molecule has 0 amide bonds. The molecule has 0 radical (unpaired) electrons. The Morgan fingerprint density at radius 1 is 1.28 bits per heavy atom. The van der Waals surface area contributed by atoms with Crippen molar-refractivity contribution in [2.75, 3.05) is 0 Å². The molecular formula is C11H9F4NO2. The SMILES string of the molecule is N#CCC(O)C(O)c1ccc(F)cc1C(F)(F)F. The summed E-state index contributed by atoms with van der Waals surface area (Å²) in [4.78, 5) is 0. The van der Waals surface area contributed by atoms with Gasteiger partial charge in [0.25, 0.3) is 0 Å². The average molecular weight is 263 g/mol. The van der Waals surface area contributed by atoms with Crippen LogP contribution in [-0.2, 0) is 6.18 Å². The molecule has 2 unspecified atom stereocenters. The third-order valence-electron chi connectivity index (χ3n) is 2.30. The maximum atomic E-state index is 12.8. The summed E-state index contributed by atoms with van der Waals surface area (Å²) in [5.41, 5.74) is -2.03. The zero-order valence-electron chi connectivity index (χ0n) is 8.95. The highest BCUT2D eigenvalue weighted by molar-refractivity contribution is 5.33. The van der Waals surface area contributed by atoms with E-state index in [1.165, 1.54) is 6.07 Å². The average Bonchev–Trinajstić information content (AvgIpc) is 2.27. The zero-order valence-corrected chi connectivity index (χ0v) is 8.95. The van der Waals surface area contributed by atoms with Gasteiger partial charge in [0.15, 0.2) is 0 Å². The number of hydrogen-bond acceptors (Lipinski definition) is 3. The Labute approximate surface area is 99.9 Å². The highest BCUT2D eigenvalue weighted by Crippen LogP contribution is 2.36. The first-order valence-electron chi connectivity index (χ1n) is 4.87. The number of aliphatic hydroxyl groups is 2. The first-order valence-corrected chi connectivity index (χ1v) is 4.87. The number of alkyl halides is 3. The number of aliphatic hydroxyl groups excluding tert-OH is 2. The summed E-state index contributed by atoms with van der Waals surface area (Å²) >= 11 is 0. The lowest BCUT2D eigenvalue weighted by Gasteiger charge is -2.20. The topological polar surface area (TPSA) is 64.2 Å². The Bertz CT molecular complexity index is 467.